The van der Waals surface area contributed by atoms with E-state index < -0.39 is 0 Å². The fraction of sp³-hybridized carbons (Fsp3) is 0. The second-order valence-electron chi connectivity index (χ2n) is 27.8. The molecule has 0 atom stereocenters. The second-order valence-corrected chi connectivity index (χ2v) is 29.9. The van der Waals surface area contributed by atoms with Crippen molar-refractivity contribution in [1.29, 1.82) is 0 Å². The quantitative estimate of drug-likeness (QED) is 0.120. The summed E-state index contributed by atoms with van der Waals surface area (Å²) in [5.74, 6) is 1.61. The van der Waals surface area contributed by atoms with Crippen molar-refractivity contribution in [2.75, 3.05) is 24.5 Å². The summed E-state index contributed by atoms with van der Waals surface area (Å²) in [7, 11) is 0. The highest BCUT2D eigenvalue weighted by Crippen LogP contribution is 2.56. The van der Waals surface area contributed by atoms with Gasteiger partial charge in [-0.25, -0.2) is 0 Å². The van der Waals surface area contributed by atoms with Crippen molar-refractivity contribution in [2.24, 2.45) is 0 Å². The summed E-state index contributed by atoms with van der Waals surface area (Å²) in [5, 5.41) is 4.93. The molecule has 6 heterocycles. The molecule has 22 rings (SSSR count). The Bertz CT molecular complexity index is 6460. The van der Waals surface area contributed by atoms with Crippen molar-refractivity contribution in [2.45, 2.75) is 0 Å². The van der Waals surface area contributed by atoms with Gasteiger partial charge in [0.1, 0.15) is 11.5 Å². The van der Waals surface area contributed by atoms with E-state index in [9.17, 15) is 0 Å². The Hall–Kier alpha value is -13.1. The normalized spacial score (nSPS) is 12.9. The molecule has 4 aliphatic heterocycles. The van der Waals surface area contributed by atoms with Crippen molar-refractivity contribution < 1.29 is 4.74 Å². The van der Waals surface area contributed by atoms with E-state index in [1.54, 1.807) is 0 Å². The number of hydrogen-bond donors (Lipinski definition) is 0. The van der Waals surface area contributed by atoms with Crippen molar-refractivity contribution in [1.82, 2.24) is 0 Å². The highest BCUT2D eigenvalue weighted by atomic mass is 32.1. The molecule has 0 spiro atoms. The third-order valence-corrected chi connectivity index (χ3v) is 24.3. The number of hydrogen-bond acceptors (Lipinski definition) is 8. The van der Waals surface area contributed by atoms with E-state index in [2.05, 4.69) is 395 Å². The smallest absolute Gasteiger partial charge is 0.256 e. The molecule has 16 aromatic carbocycles. The summed E-state index contributed by atoms with van der Waals surface area (Å²) in [6.45, 7) is -0.525. The predicted octanol–water partition coefficient (Wildman–Crippen LogP) is 23.2. The van der Waals surface area contributed by atoms with Gasteiger partial charge >= 0.3 is 0 Å². The summed E-state index contributed by atoms with van der Waals surface area (Å²) in [6.07, 6.45) is 0. The molecule has 10 heteroatoms. The Kier molecular flexibility index (Phi) is 13.8. The molecule has 0 amide bonds. The van der Waals surface area contributed by atoms with E-state index in [1.807, 2.05) is 22.7 Å². The van der Waals surface area contributed by atoms with E-state index in [0.29, 0.717) is 0 Å². The zero-order valence-corrected chi connectivity index (χ0v) is 59.0. The highest BCUT2D eigenvalue weighted by molar-refractivity contribution is 7.26. The molecule has 18 aromatic rings. The van der Waals surface area contributed by atoms with E-state index in [-0.39, 0.29) is 13.4 Å². The molecule has 0 radical (unpaired) electrons. The van der Waals surface area contributed by atoms with Crippen LogP contribution in [0.2, 0.25) is 0 Å². The molecular formula is C96H61B2N5OS2. The maximum atomic E-state index is 8.10. The molecule has 2 aromatic heterocycles. The minimum atomic E-state index is -0.273. The summed E-state index contributed by atoms with van der Waals surface area (Å²) in [4.78, 5) is 12.7. The molecule has 0 fully saturated rings. The molecule has 0 saturated heterocycles. The van der Waals surface area contributed by atoms with Crippen LogP contribution in [0.25, 0.3) is 62.6 Å². The van der Waals surface area contributed by atoms with Crippen molar-refractivity contribution >= 4 is 195 Å². The zero-order valence-electron chi connectivity index (χ0n) is 57.3. The van der Waals surface area contributed by atoms with Crippen LogP contribution < -0.4 is 62.0 Å². The molecular weight excluding hydrogens is 1320 g/mol. The molecule has 0 unspecified atom stereocenters. The average Bonchev–Trinajstić information content (AvgIpc) is 0.849. The van der Waals surface area contributed by atoms with Crippen LogP contribution in [0.3, 0.4) is 0 Å². The minimum absolute atomic E-state index is 0.253. The minimum Gasteiger partial charge on any atom is -0.458 e. The second kappa shape index (κ2) is 24.3. The lowest BCUT2D eigenvalue weighted by Gasteiger charge is -2.46. The number of ether oxygens (including phenoxy) is 1. The largest absolute Gasteiger partial charge is 0.458 e. The van der Waals surface area contributed by atoms with E-state index in [4.69, 9.17) is 4.74 Å². The van der Waals surface area contributed by atoms with Gasteiger partial charge in [-0.05, 0) is 159 Å². The van der Waals surface area contributed by atoms with Gasteiger partial charge in [-0.3, -0.25) is 0 Å². The number of fused-ring (bicyclic) bond motifs is 14. The van der Waals surface area contributed by atoms with Crippen LogP contribution in [0.4, 0.5) is 85.3 Å². The molecule has 494 valence electrons. The fourth-order valence-corrected chi connectivity index (χ4v) is 20.0. The molecule has 0 bridgehead atoms. The number of para-hydroxylation sites is 7. The SMILES string of the molecule is c1ccc(-c2cccc(-c3ccccc3)c2N2c3cc4c(cc3B3c5ccccc5N(c5cccc6sc7ccccc7c56)c5cc(N(c6ccccc6)c6ccccc6)cc2c53)B2c3ccccc3N(c3ccccc3)c3cc(N(c5ccccc5)c5cccc6sc7ccccc7c56)cc(c32)O4)cc1. The van der Waals surface area contributed by atoms with Crippen LogP contribution in [0.15, 0.2) is 370 Å². The van der Waals surface area contributed by atoms with Gasteiger partial charge in [0.2, 0.25) is 0 Å². The monoisotopic (exact) mass is 1390 g/mol. The topological polar surface area (TPSA) is 25.4 Å². The zero-order chi connectivity index (χ0) is 69.5. The summed E-state index contributed by atoms with van der Waals surface area (Å²) in [6, 6.07) is 137. The maximum Gasteiger partial charge on any atom is 0.256 e. The number of benzene rings is 16. The first-order chi connectivity index (χ1) is 52.6. The predicted molar refractivity (Wildman–Crippen MR) is 452 cm³/mol. The summed E-state index contributed by atoms with van der Waals surface area (Å²) in [5.41, 5.74) is 27.6. The Balaban J connectivity index is 0.869. The van der Waals surface area contributed by atoms with Crippen LogP contribution >= 0.6 is 22.7 Å². The lowest BCUT2D eigenvalue weighted by molar-refractivity contribution is 0.488. The molecule has 0 saturated carbocycles. The van der Waals surface area contributed by atoms with Gasteiger partial charge in [0.15, 0.2) is 0 Å². The van der Waals surface area contributed by atoms with Crippen LogP contribution in [0, 0.1) is 0 Å². The van der Waals surface area contributed by atoms with Gasteiger partial charge in [-0.1, -0.05) is 243 Å². The summed E-state index contributed by atoms with van der Waals surface area (Å²) < 4.78 is 13.1. The van der Waals surface area contributed by atoms with E-state index in [0.717, 1.165) is 130 Å². The lowest BCUT2D eigenvalue weighted by Crippen LogP contribution is -2.64. The third kappa shape index (κ3) is 9.31. The Labute approximate surface area is 623 Å². The molecule has 106 heavy (non-hydrogen) atoms. The number of nitrogens with zero attached hydrogens (tertiary/aromatic N) is 5. The molecule has 0 aliphatic carbocycles. The number of anilines is 15. The van der Waals surface area contributed by atoms with Gasteiger partial charge in [0.25, 0.3) is 13.4 Å². The van der Waals surface area contributed by atoms with Gasteiger partial charge < -0.3 is 29.2 Å². The molecule has 6 nitrogen and oxygen atoms in total. The van der Waals surface area contributed by atoms with E-state index >= 15 is 0 Å². The molecule has 4 aliphatic rings. The van der Waals surface area contributed by atoms with Gasteiger partial charge in [-0.2, -0.15) is 0 Å². The van der Waals surface area contributed by atoms with Crippen LogP contribution in [0.5, 0.6) is 11.5 Å². The van der Waals surface area contributed by atoms with E-state index in [1.165, 1.54) is 62.2 Å². The van der Waals surface area contributed by atoms with Crippen molar-refractivity contribution in [3.8, 4) is 33.8 Å². The highest BCUT2D eigenvalue weighted by Gasteiger charge is 2.49. The van der Waals surface area contributed by atoms with Gasteiger partial charge in [0.05, 0.1) is 28.4 Å². The van der Waals surface area contributed by atoms with Crippen molar-refractivity contribution in [3.63, 3.8) is 0 Å². The first-order valence-corrected chi connectivity index (χ1v) is 37.9. The fourth-order valence-electron chi connectivity index (χ4n) is 17.7. The van der Waals surface area contributed by atoms with Crippen LogP contribution in [-0.2, 0) is 0 Å². The Morgan fingerprint density at radius 3 is 1.32 bits per heavy atom. The van der Waals surface area contributed by atoms with Crippen LogP contribution in [-0.4, -0.2) is 13.4 Å². The standard InChI is InChI=1S/C96H61B2N5OS2/c1-7-30-62(31-8-1)70-44-27-45-71(63-32-9-2-10-33-63)96(70)103-82-61-86-77(98-74-46-21-23-48-78(74)101(67-40-17-6-18-41-67)85-58-69(59-87(104-86)95(85)98)100(66-38-15-5-16-39-66)80-50-28-54-90-92(80)72-42-19-25-52-88(72)105-90)60-76(82)97-75-47-22-24-49-79(75)102(81-51-29-55-91-93(81)73-43-20-26-53-89(73)106-91)83-56-68(57-84(103)94(83)97)99(64-34-11-3-12-35-64)65-36-13-4-14-37-65/h1-61H. The third-order valence-electron chi connectivity index (χ3n) is 22.0. The van der Waals surface area contributed by atoms with Gasteiger partial charge in [0, 0.05) is 120 Å². The number of thiophene rings is 2. The van der Waals surface area contributed by atoms with Gasteiger partial charge in [-0.15, -0.1) is 22.7 Å². The Morgan fingerprint density at radius 1 is 0.264 bits per heavy atom. The lowest BCUT2D eigenvalue weighted by atomic mass is 9.30. The average molecular weight is 1390 g/mol. The van der Waals surface area contributed by atoms with Crippen molar-refractivity contribution in [3.05, 3.63) is 370 Å². The maximum absolute atomic E-state index is 8.10. The Morgan fingerprint density at radius 2 is 0.708 bits per heavy atom. The van der Waals surface area contributed by atoms with Crippen LogP contribution in [0.1, 0.15) is 0 Å². The first-order valence-electron chi connectivity index (χ1n) is 36.3. The summed E-state index contributed by atoms with van der Waals surface area (Å²) >= 11 is 3.71. The number of rotatable bonds is 11. The first kappa shape index (κ1) is 60.5. The molecule has 0 N–H and O–H groups in total.